The number of carbonyl (C=O) groups excluding carboxylic acids is 1. The van der Waals surface area contributed by atoms with Gasteiger partial charge in [-0.2, -0.15) is 0 Å². The van der Waals surface area contributed by atoms with Gasteiger partial charge in [0.05, 0.1) is 0 Å². The first-order valence-corrected chi connectivity index (χ1v) is 9.94. The summed E-state index contributed by atoms with van der Waals surface area (Å²) >= 11 is 0.0297. The molecule has 1 N–H and O–H groups in total. The molecule has 3 heteroatoms. The van der Waals surface area contributed by atoms with Crippen LogP contribution in [0.1, 0.15) is 39.2 Å². The summed E-state index contributed by atoms with van der Waals surface area (Å²) in [5, 5.41) is 3.22. The van der Waals surface area contributed by atoms with Gasteiger partial charge in [0.2, 0.25) is 0 Å². The predicted octanol–water partition coefficient (Wildman–Crippen LogP) is 3.24. The Morgan fingerprint density at radius 3 is 2.13 bits per heavy atom. The van der Waals surface area contributed by atoms with Crippen LogP contribution in [-0.4, -0.2) is 26.9 Å². The second-order valence-corrected chi connectivity index (χ2v) is 8.62. The molecule has 0 aliphatic rings. The fourth-order valence-corrected chi connectivity index (χ4v) is 5.13. The van der Waals surface area contributed by atoms with Gasteiger partial charge in [0.15, 0.2) is 0 Å². The second-order valence-electron chi connectivity index (χ2n) is 5.74. The molecule has 1 amide bonds. The van der Waals surface area contributed by atoms with E-state index in [1.54, 1.807) is 0 Å². The molecule has 2 nitrogen and oxygen atoms in total. The minimum atomic E-state index is -0.459. The van der Waals surface area contributed by atoms with Crippen LogP contribution in [0.15, 0.2) is 60.7 Å². The fraction of sp³-hybridized carbons (Fsp3) is 0.350. The molecule has 0 fully saturated rings. The Morgan fingerprint density at radius 1 is 1.04 bits per heavy atom. The molecule has 0 aliphatic carbocycles. The SMILES string of the molecule is CCC(C)NC(=O)C(CC)([Se]c1ccccc1)c1ccccc1. The number of hydrogen-bond acceptors (Lipinski definition) is 1. The summed E-state index contributed by atoms with van der Waals surface area (Å²) in [5.74, 6) is 0.157. The predicted molar refractivity (Wildman–Crippen MR) is 98.1 cm³/mol. The average Bonchev–Trinajstić information content (AvgIpc) is 2.61. The zero-order valence-electron chi connectivity index (χ0n) is 14.1. The van der Waals surface area contributed by atoms with Gasteiger partial charge in [-0.25, -0.2) is 0 Å². The Hall–Kier alpha value is -1.57. The van der Waals surface area contributed by atoms with Crippen molar-refractivity contribution in [3.63, 3.8) is 0 Å². The van der Waals surface area contributed by atoms with E-state index in [1.807, 2.05) is 24.3 Å². The number of rotatable bonds is 7. The van der Waals surface area contributed by atoms with Crippen molar-refractivity contribution >= 4 is 25.3 Å². The summed E-state index contributed by atoms with van der Waals surface area (Å²) in [6, 6.07) is 20.8. The molecule has 0 saturated carbocycles. The molecule has 0 bridgehead atoms. The number of carbonyl (C=O) groups is 1. The van der Waals surface area contributed by atoms with Crippen molar-refractivity contribution in [3.8, 4) is 0 Å². The van der Waals surface area contributed by atoms with E-state index in [4.69, 9.17) is 0 Å². The quantitative estimate of drug-likeness (QED) is 0.741. The molecule has 2 unspecified atom stereocenters. The van der Waals surface area contributed by atoms with E-state index in [0.29, 0.717) is 0 Å². The van der Waals surface area contributed by atoms with Crippen LogP contribution in [0.5, 0.6) is 0 Å². The van der Waals surface area contributed by atoms with Crippen LogP contribution >= 0.6 is 0 Å². The molecule has 2 aromatic rings. The van der Waals surface area contributed by atoms with Gasteiger partial charge in [0.25, 0.3) is 0 Å². The third kappa shape index (κ3) is 4.25. The maximum absolute atomic E-state index is 13.2. The normalized spacial score (nSPS) is 14.7. The van der Waals surface area contributed by atoms with Gasteiger partial charge < -0.3 is 0 Å². The molecular formula is C20H25NOSe. The van der Waals surface area contributed by atoms with Crippen molar-refractivity contribution in [2.45, 2.75) is 44.0 Å². The molecule has 2 rings (SSSR count). The molecule has 23 heavy (non-hydrogen) atoms. The van der Waals surface area contributed by atoms with E-state index in [-0.39, 0.29) is 26.9 Å². The first-order valence-electron chi connectivity index (χ1n) is 8.23. The summed E-state index contributed by atoms with van der Waals surface area (Å²) in [7, 11) is 0. The Labute approximate surface area is 145 Å². The first kappa shape index (κ1) is 17.8. The van der Waals surface area contributed by atoms with Crippen molar-refractivity contribution < 1.29 is 4.79 Å². The zero-order valence-corrected chi connectivity index (χ0v) is 15.8. The van der Waals surface area contributed by atoms with Crippen LogP contribution in [-0.2, 0) is 9.11 Å². The van der Waals surface area contributed by atoms with Crippen LogP contribution in [0, 0.1) is 0 Å². The van der Waals surface area contributed by atoms with Gasteiger partial charge in [0.1, 0.15) is 0 Å². The summed E-state index contributed by atoms with van der Waals surface area (Å²) in [5.41, 5.74) is 1.12. The Morgan fingerprint density at radius 2 is 1.61 bits per heavy atom. The van der Waals surface area contributed by atoms with Crippen molar-refractivity contribution in [2.75, 3.05) is 0 Å². The molecule has 2 atom stereocenters. The molecule has 2 aromatic carbocycles. The van der Waals surface area contributed by atoms with E-state index in [1.165, 1.54) is 4.46 Å². The third-order valence-electron chi connectivity index (χ3n) is 4.13. The van der Waals surface area contributed by atoms with E-state index in [2.05, 4.69) is 62.5 Å². The van der Waals surface area contributed by atoms with Gasteiger partial charge in [0, 0.05) is 0 Å². The first-order chi connectivity index (χ1) is 11.1. The molecule has 0 aromatic heterocycles. The van der Waals surface area contributed by atoms with E-state index < -0.39 is 4.31 Å². The van der Waals surface area contributed by atoms with Crippen molar-refractivity contribution in [1.29, 1.82) is 0 Å². The van der Waals surface area contributed by atoms with Crippen molar-refractivity contribution in [2.24, 2.45) is 0 Å². The number of nitrogens with one attached hydrogen (secondary N) is 1. The summed E-state index contributed by atoms with van der Waals surface area (Å²) < 4.78 is 0.795. The van der Waals surface area contributed by atoms with E-state index in [9.17, 15) is 4.79 Å². The second kappa shape index (κ2) is 8.33. The van der Waals surface area contributed by atoms with Crippen LogP contribution in [0.3, 0.4) is 0 Å². The molecule has 122 valence electrons. The minimum absolute atomic E-state index is 0.0297. The Kier molecular flexibility index (Phi) is 6.44. The Bertz CT molecular complexity index is 614. The van der Waals surface area contributed by atoms with E-state index in [0.717, 1.165) is 18.4 Å². The Balaban J connectivity index is 2.42. The molecular weight excluding hydrogens is 349 g/mol. The number of benzene rings is 2. The average molecular weight is 374 g/mol. The molecule has 0 aliphatic heterocycles. The topological polar surface area (TPSA) is 29.1 Å². The van der Waals surface area contributed by atoms with Crippen LogP contribution in [0.2, 0.25) is 0 Å². The number of hydrogen-bond donors (Lipinski definition) is 1. The van der Waals surface area contributed by atoms with Gasteiger partial charge in [-0.15, -0.1) is 0 Å². The van der Waals surface area contributed by atoms with Gasteiger partial charge in [-0.3, -0.25) is 0 Å². The molecule has 0 radical (unpaired) electrons. The van der Waals surface area contributed by atoms with Crippen molar-refractivity contribution in [3.05, 3.63) is 66.2 Å². The van der Waals surface area contributed by atoms with Gasteiger partial charge in [-0.1, -0.05) is 0 Å². The summed E-state index contributed by atoms with van der Waals surface area (Å²) in [6.07, 6.45) is 1.74. The molecule has 0 heterocycles. The maximum atomic E-state index is 13.2. The van der Waals surface area contributed by atoms with Gasteiger partial charge >= 0.3 is 146 Å². The van der Waals surface area contributed by atoms with Gasteiger partial charge in [-0.05, 0) is 0 Å². The van der Waals surface area contributed by atoms with Crippen LogP contribution < -0.4 is 9.78 Å². The zero-order chi connectivity index (χ0) is 16.7. The monoisotopic (exact) mass is 375 g/mol. The molecule has 0 spiro atoms. The summed E-state index contributed by atoms with van der Waals surface area (Å²) in [4.78, 5) is 13.2. The van der Waals surface area contributed by atoms with E-state index >= 15 is 0 Å². The number of amides is 1. The summed E-state index contributed by atoms with van der Waals surface area (Å²) in [6.45, 7) is 6.29. The standard InChI is InChI=1S/C20H25NOSe/c1-4-16(3)21-19(22)20(5-2,17-12-8-6-9-13-17)23-18-14-10-7-11-15-18/h6-16H,4-5H2,1-3H3,(H,21,22). The van der Waals surface area contributed by atoms with Crippen molar-refractivity contribution in [1.82, 2.24) is 5.32 Å². The van der Waals surface area contributed by atoms with Crippen LogP contribution in [0.25, 0.3) is 0 Å². The van der Waals surface area contributed by atoms with Crippen LogP contribution in [0.4, 0.5) is 0 Å². The molecule has 0 saturated heterocycles. The third-order valence-corrected chi connectivity index (χ3v) is 7.42. The fourth-order valence-electron chi connectivity index (χ4n) is 2.51.